The molecule has 1 aromatic carbocycles. The summed E-state index contributed by atoms with van der Waals surface area (Å²) in [5.74, 6) is -0.00326. The van der Waals surface area contributed by atoms with Crippen LogP contribution in [-0.4, -0.2) is 23.5 Å². The third kappa shape index (κ3) is 3.51. The molecule has 5 heteroatoms. The van der Waals surface area contributed by atoms with Crippen molar-refractivity contribution in [3.8, 4) is 0 Å². The second kappa shape index (κ2) is 6.26. The number of nitrogens with zero attached hydrogens (tertiary/aromatic N) is 1. The van der Waals surface area contributed by atoms with E-state index in [9.17, 15) is 9.59 Å². The van der Waals surface area contributed by atoms with Crippen LogP contribution in [0.3, 0.4) is 0 Å². The number of amides is 1. The molecule has 0 aliphatic carbocycles. The first-order chi connectivity index (χ1) is 9.99. The summed E-state index contributed by atoms with van der Waals surface area (Å²) in [6.07, 6.45) is -0.115. The van der Waals surface area contributed by atoms with E-state index in [0.717, 1.165) is 0 Å². The Hall–Kier alpha value is -2.56. The lowest BCUT2D eigenvalue weighted by Crippen LogP contribution is -2.33. The van der Waals surface area contributed by atoms with Crippen LogP contribution >= 0.6 is 0 Å². The first kappa shape index (κ1) is 14.8. The van der Waals surface area contributed by atoms with Gasteiger partial charge in [0.15, 0.2) is 0 Å². The Morgan fingerprint density at radius 1 is 1.19 bits per heavy atom. The fourth-order valence-electron chi connectivity index (χ4n) is 2.15. The minimum absolute atomic E-state index is 0.113. The van der Waals surface area contributed by atoms with Gasteiger partial charge in [0, 0.05) is 12.2 Å². The van der Waals surface area contributed by atoms with Gasteiger partial charge in [-0.3, -0.25) is 9.59 Å². The molecule has 0 bridgehead atoms. The number of carboxylic acids is 1. The molecule has 1 N–H and O–H groups in total. The predicted molar refractivity (Wildman–Crippen MR) is 78.6 cm³/mol. The van der Waals surface area contributed by atoms with Crippen molar-refractivity contribution in [1.82, 2.24) is 0 Å². The zero-order chi connectivity index (χ0) is 15.4. The maximum Gasteiger partial charge on any atom is 0.305 e. The Bertz CT molecular complexity index is 646. The van der Waals surface area contributed by atoms with Crippen LogP contribution in [0.15, 0.2) is 40.8 Å². The molecule has 110 valence electrons. The fourth-order valence-corrected chi connectivity index (χ4v) is 2.15. The molecule has 0 radical (unpaired) electrons. The second-order valence-electron chi connectivity index (χ2n) is 4.76. The molecule has 0 saturated carbocycles. The van der Waals surface area contributed by atoms with Crippen molar-refractivity contribution in [1.29, 1.82) is 0 Å². The highest BCUT2D eigenvalue weighted by Crippen LogP contribution is 2.21. The lowest BCUT2D eigenvalue weighted by molar-refractivity contribution is -0.136. The van der Waals surface area contributed by atoms with Crippen molar-refractivity contribution in [3.63, 3.8) is 0 Å². The average Bonchev–Trinajstić information content (AvgIpc) is 2.78. The van der Waals surface area contributed by atoms with E-state index in [1.807, 2.05) is 18.2 Å². The lowest BCUT2D eigenvalue weighted by atomic mass is 10.2. The molecule has 0 aliphatic rings. The van der Waals surface area contributed by atoms with E-state index in [1.54, 1.807) is 32.0 Å². The van der Waals surface area contributed by atoms with E-state index in [0.29, 0.717) is 22.8 Å². The summed E-state index contributed by atoms with van der Waals surface area (Å²) >= 11 is 0. The fraction of sp³-hybridized carbons (Fsp3) is 0.250. The molecule has 0 unspecified atom stereocenters. The highest BCUT2D eigenvalue weighted by atomic mass is 16.4. The van der Waals surface area contributed by atoms with Gasteiger partial charge < -0.3 is 14.4 Å². The number of benzene rings is 1. The van der Waals surface area contributed by atoms with Crippen LogP contribution in [0, 0.1) is 13.8 Å². The largest absolute Gasteiger partial charge is 0.481 e. The van der Waals surface area contributed by atoms with Crippen LogP contribution in [0.2, 0.25) is 0 Å². The van der Waals surface area contributed by atoms with E-state index in [2.05, 4.69) is 0 Å². The minimum atomic E-state index is -0.941. The van der Waals surface area contributed by atoms with Gasteiger partial charge >= 0.3 is 5.97 Å². The van der Waals surface area contributed by atoms with Gasteiger partial charge in [0.1, 0.15) is 11.5 Å². The molecular weight excluding hydrogens is 270 g/mol. The van der Waals surface area contributed by atoms with Gasteiger partial charge in [0.05, 0.1) is 12.0 Å². The maximum atomic E-state index is 12.7. The Morgan fingerprint density at radius 2 is 1.86 bits per heavy atom. The number of para-hydroxylation sites is 1. The molecule has 0 fully saturated rings. The van der Waals surface area contributed by atoms with Crippen LogP contribution in [0.5, 0.6) is 0 Å². The van der Waals surface area contributed by atoms with Crippen molar-refractivity contribution in [2.75, 3.05) is 11.4 Å². The molecule has 0 aliphatic heterocycles. The van der Waals surface area contributed by atoms with Crippen LogP contribution in [0.1, 0.15) is 28.3 Å². The summed E-state index contributed by atoms with van der Waals surface area (Å²) in [4.78, 5) is 24.9. The number of carboxylic acid groups (broad SMARTS) is 1. The van der Waals surface area contributed by atoms with Crippen LogP contribution in [-0.2, 0) is 4.79 Å². The molecular formula is C16H17NO4. The van der Waals surface area contributed by atoms with Crippen LogP contribution < -0.4 is 4.90 Å². The number of furan rings is 1. The normalized spacial score (nSPS) is 10.4. The molecule has 2 aromatic rings. The first-order valence-corrected chi connectivity index (χ1v) is 6.65. The molecule has 1 heterocycles. The number of aryl methyl sites for hydroxylation is 2. The van der Waals surface area contributed by atoms with Crippen LogP contribution in [0.25, 0.3) is 0 Å². The number of aliphatic carboxylic acids is 1. The first-order valence-electron chi connectivity index (χ1n) is 6.65. The zero-order valence-corrected chi connectivity index (χ0v) is 12.0. The Kier molecular flexibility index (Phi) is 4.42. The third-order valence-electron chi connectivity index (χ3n) is 3.13. The topological polar surface area (TPSA) is 70.8 Å². The minimum Gasteiger partial charge on any atom is -0.481 e. The van der Waals surface area contributed by atoms with E-state index in [-0.39, 0.29) is 18.9 Å². The quantitative estimate of drug-likeness (QED) is 0.917. The number of carbonyl (C=O) groups is 2. The standard InChI is InChI=1S/C16H17NO4/c1-11-10-14(12(2)21-11)16(20)17(9-8-15(18)19)13-6-4-3-5-7-13/h3-7,10H,8-9H2,1-2H3,(H,18,19). The molecule has 21 heavy (non-hydrogen) atoms. The smallest absolute Gasteiger partial charge is 0.305 e. The zero-order valence-electron chi connectivity index (χ0n) is 12.0. The van der Waals surface area contributed by atoms with Gasteiger partial charge in [-0.05, 0) is 32.0 Å². The molecule has 1 aromatic heterocycles. The number of hydrogen-bond acceptors (Lipinski definition) is 3. The van der Waals surface area contributed by atoms with Crippen molar-refractivity contribution in [3.05, 3.63) is 53.5 Å². The molecule has 0 spiro atoms. The van der Waals surface area contributed by atoms with Crippen LogP contribution in [0.4, 0.5) is 5.69 Å². The monoisotopic (exact) mass is 287 g/mol. The van der Waals surface area contributed by atoms with E-state index in [4.69, 9.17) is 9.52 Å². The maximum absolute atomic E-state index is 12.7. The molecule has 0 atom stereocenters. The number of hydrogen-bond donors (Lipinski definition) is 1. The van der Waals surface area contributed by atoms with Crippen molar-refractivity contribution in [2.24, 2.45) is 0 Å². The van der Waals surface area contributed by atoms with Gasteiger partial charge in [-0.15, -0.1) is 0 Å². The summed E-state index contributed by atoms with van der Waals surface area (Å²) in [6.45, 7) is 3.61. The number of carbonyl (C=O) groups excluding carboxylic acids is 1. The van der Waals surface area contributed by atoms with E-state index < -0.39 is 5.97 Å². The highest BCUT2D eigenvalue weighted by Gasteiger charge is 2.22. The predicted octanol–water partition coefficient (Wildman–Crippen LogP) is 3.02. The average molecular weight is 287 g/mol. The second-order valence-corrected chi connectivity index (χ2v) is 4.76. The van der Waals surface area contributed by atoms with E-state index in [1.165, 1.54) is 4.90 Å². The van der Waals surface area contributed by atoms with Crippen molar-refractivity contribution >= 4 is 17.6 Å². The van der Waals surface area contributed by atoms with Gasteiger partial charge in [-0.1, -0.05) is 18.2 Å². The molecule has 1 amide bonds. The van der Waals surface area contributed by atoms with Gasteiger partial charge in [-0.2, -0.15) is 0 Å². The summed E-state index contributed by atoms with van der Waals surface area (Å²) in [6, 6.07) is 10.7. The Labute approximate surface area is 122 Å². The Balaban J connectivity index is 2.32. The number of rotatable bonds is 5. The van der Waals surface area contributed by atoms with Gasteiger partial charge in [0.25, 0.3) is 5.91 Å². The van der Waals surface area contributed by atoms with Crippen molar-refractivity contribution in [2.45, 2.75) is 20.3 Å². The molecule has 2 rings (SSSR count). The van der Waals surface area contributed by atoms with Crippen molar-refractivity contribution < 1.29 is 19.1 Å². The summed E-state index contributed by atoms with van der Waals surface area (Å²) in [5.41, 5.74) is 1.13. The molecule has 0 saturated heterocycles. The molecule has 5 nitrogen and oxygen atoms in total. The third-order valence-corrected chi connectivity index (χ3v) is 3.13. The summed E-state index contributed by atoms with van der Waals surface area (Å²) < 4.78 is 5.38. The summed E-state index contributed by atoms with van der Waals surface area (Å²) in [5, 5.41) is 8.86. The number of anilines is 1. The lowest BCUT2D eigenvalue weighted by Gasteiger charge is -2.21. The Morgan fingerprint density at radius 3 is 2.38 bits per heavy atom. The highest BCUT2D eigenvalue weighted by molar-refractivity contribution is 6.07. The van der Waals surface area contributed by atoms with Gasteiger partial charge in [0.2, 0.25) is 0 Å². The SMILES string of the molecule is Cc1cc(C(=O)N(CCC(=O)O)c2ccccc2)c(C)o1. The van der Waals surface area contributed by atoms with E-state index >= 15 is 0 Å². The summed E-state index contributed by atoms with van der Waals surface area (Å²) in [7, 11) is 0. The van der Waals surface area contributed by atoms with Gasteiger partial charge in [-0.25, -0.2) is 0 Å².